The van der Waals surface area contributed by atoms with Crippen molar-refractivity contribution in [2.45, 2.75) is 12.8 Å². The first-order valence-electron chi connectivity index (χ1n) is 3.13. The highest BCUT2D eigenvalue weighted by Gasteiger charge is 1.66. The fraction of sp³-hybridized carbons (Fsp3) is 0.500. The summed E-state index contributed by atoms with van der Waals surface area (Å²) in [7, 11) is 3.75. The van der Waals surface area contributed by atoms with Gasteiger partial charge in [-0.05, 0) is 26.9 Å². The van der Waals surface area contributed by atoms with E-state index in [9.17, 15) is 0 Å². The summed E-state index contributed by atoms with van der Waals surface area (Å²) in [5.74, 6) is 0. The lowest BCUT2D eigenvalue weighted by atomic mass is 10.3. The lowest BCUT2D eigenvalue weighted by Crippen LogP contribution is -1.89. The minimum absolute atomic E-state index is 0. The summed E-state index contributed by atoms with van der Waals surface area (Å²) in [6, 6.07) is 0. The number of halogens is 1. The fourth-order valence-corrected chi connectivity index (χ4v) is 0.236. The summed E-state index contributed by atoms with van der Waals surface area (Å²) in [5.41, 5.74) is 0. The molecule has 0 rings (SSSR count). The summed E-state index contributed by atoms with van der Waals surface area (Å²) in [4.78, 5) is 0. The van der Waals surface area contributed by atoms with Crippen LogP contribution in [0.1, 0.15) is 12.8 Å². The van der Waals surface area contributed by atoms with E-state index in [2.05, 4.69) is 18.5 Å². The standard InChI is InChI=1S/C6H10.C2H7N.ClH/c1-3-5-6-4-2;1-3-2;/h3-4H,1-2,5-6H2;3H,1-2H3;1H. The van der Waals surface area contributed by atoms with Gasteiger partial charge in [0, 0.05) is 0 Å². The van der Waals surface area contributed by atoms with E-state index in [4.69, 9.17) is 0 Å². The van der Waals surface area contributed by atoms with E-state index in [1.54, 1.807) is 0 Å². The predicted molar refractivity (Wildman–Crippen MR) is 51.9 cm³/mol. The van der Waals surface area contributed by atoms with Crippen molar-refractivity contribution < 1.29 is 0 Å². The molecule has 0 heterocycles. The Morgan fingerprint density at radius 2 is 1.30 bits per heavy atom. The quantitative estimate of drug-likeness (QED) is 0.498. The van der Waals surface area contributed by atoms with E-state index in [1.807, 2.05) is 26.2 Å². The van der Waals surface area contributed by atoms with Crippen molar-refractivity contribution in [3.8, 4) is 0 Å². The molecule has 0 amide bonds. The molecule has 0 aliphatic carbocycles. The third-order valence-electron chi connectivity index (χ3n) is 0.575. The molecule has 0 saturated heterocycles. The van der Waals surface area contributed by atoms with Crippen LogP contribution in [0.15, 0.2) is 25.3 Å². The van der Waals surface area contributed by atoms with E-state index >= 15 is 0 Å². The van der Waals surface area contributed by atoms with Crippen molar-refractivity contribution in [2.75, 3.05) is 14.1 Å². The Morgan fingerprint density at radius 1 is 1.10 bits per heavy atom. The van der Waals surface area contributed by atoms with Crippen LogP contribution in [0.25, 0.3) is 0 Å². The first-order valence-corrected chi connectivity index (χ1v) is 3.13. The number of rotatable bonds is 3. The summed E-state index contributed by atoms with van der Waals surface area (Å²) in [6.45, 7) is 7.10. The maximum absolute atomic E-state index is 3.55. The second-order valence-electron chi connectivity index (χ2n) is 1.65. The molecule has 0 aromatic carbocycles. The molecule has 10 heavy (non-hydrogen) atoms. The molecule has 1 nitrogen and oxygen atoms in total. The van der Waals surface area contributed by atoms with Gasteiger partial charge in [0.2, 0.25) is 0 Å². The zero-order valence-corrected chi connectivity index (χ0v) is 7.71. The zero-order valence-electron chi connectivity index (χ0n) is 6.89. The molecule has 2 heteroatoms. The SMILES string of the molecule is C=CCCC=C.CNC.Cl. The third kappa shape index (κ3) is 47.0. The highest BCUT2D eigenvalue weighted by Crippen LogP contribution is 1.86. The van der Waals surface area contributed by atoms with Gasteiger partial charge < -0.3 is 5.32 Å². The van der Waals surface area contributed by atoms with Crippen LogP contribution in [-0.4, -0.2) is 14.1 Å². The second-order valence-corrected chi connectivity index (χ2v) is 1.65. The van der Waals surface area contributed by atoms with Gasteiger partial charge in [-0.3, -0.25) is 0 Å². The monoisotopic (exact) mass is 163 g/mol. The van der Waals surface area contributed by atoms with Crippen molar-refractivity contribution >= 4 is 12.4 Å². The molecular formula is C8H18ClN. The first-order chi connectivity index (χ1) is 4.33. The molecule has 1 N–H and O–H groups in total. The minimum atomic E-state index is 0. The smallest absolute Gasteiger partial charge is 0.0167 e. The normalized spacial score (nSPS) is 6.20. The van der Waals surface area contributed by atoms with Crippen molar-refractivity contribution in [1.82, 2.24) is 5.32 Å². The second kappa shape index (κ2) is 23.3. The van der Waals surface area contributed by atoms with Crippen LogP contribution in [0.3, 0.4) is 0 Å². The average molecular weight is 164 g/mol. The summed E-state index contributed by atoms with van der Waals surface area (Å²) >= 11 is 0. The van der Waals surface area contributed by atoms with Crippen molar-refractivity contribution in [3.05, 3.63) is 25.3 Å². The summed E-state index contributed by atoms with van der Waals surface area (Å²) < 4.78 is 0. The highest BCUT2D eigenvalue weighted by molar-refractivity contribution is 5.85. The Kier molecular flexibility index (Phi) is 38.2. The molecule has 0 saturated carbocycles. The molecule has 0 radical (unpaired) electrons. The van der Waals surface area contributed by atoms with Gasteiger partial charge in [-0.1, -0.05) is 12.2 Å². The number of hydrogen-bond donors (Lipinski definition) is 1. The maximum atomic E-state index is 3.55. The van der Waals surface area contributed by atoms with Gasteiger partial charge in [0.25, 0.3) is 0 Å². The van der Waals surface area contributed by atoms with E-state index in [0.717, 1.165) is 12.8 Å². The van der Waals surface area contributed by atoms with Gasteiger partial charge in [0.1, 0.15) is 0 Å². The Hall–Kier alpha value is -0.270. The lowest BCUT2D eigenvalue weighted by molar-refractivity contribution is 1.02. The Bertz CT molecular complexity index is 54.3. The molecule has 0 atom stereocenters. The zero-order chi connectivity index (χ0) is 7.54. The highest BCUT2D eigenvalue weighted by atomic mass is 35.5. The number of allylic oxidation sites excluding steroid dienone is 2. The molecule has 0 unspecified atom stereocenters. The van der Waals surface area contributed by atoms with E-state index in [1.165, 1.54) is 0 Å². The molecule has 0 aromatic heterocycles. The number of unbranched alkanes of at least 4 members (excludes halogenated alkanes) is 1. The molecule has 62 valence electrons. The first kappa shape index (κ1) is 16.4. The maximum Gasteiger partial charge on any atom is -0.0167 e. The molecule has 0 aliphatic rings. The van der Waals surface area contributed by atoms with Crippen LogP contribution in [-0.2, 0) is 0 Å². The topological polar surface area (TPSA) is 12.0 Å². The van der Waals surface area contributed by atoms with Crippen molar-refractivity contribution in [1.29, 1.82) is 0 Å². The fourth-order valence-electron chi connectivity index (χ4n) is 0.236. The van der Waals surface area contributed by atoms with Crippen LogP contribution >= 0.6 is 12.4 Å². The number of hydrogen-bond acceptors (Lipinski definition) is 1. The van der Waals surface area contributed by atoms with Gasteiger partial charge in [0.05, 0.1) is 0 Å². The van der Waals surface area contributed by atoms with Crippen LogP contribution in [0.2, 0.25) is 0 Å². The van der Waals surface area contributed by atoms with Gasteiger partial charge in [-0.2, -0.15) is 0 Å². The minimum Gasteiger partial charge on any atom is -0.323 e. The van der Waals surface area contributed by atoms with Crippen LogP contribution in [0, 0.1) is 0 Å². The molecule has 0 spiro atoms. The van der Waals surface area contributed by atoms with Crippen molar-refractivity contribution in [2.24, 2.45) is 0 Å². The molecule has 0 fully saturated rings. The molecule has 0 aliphatic heterocycles. The number of nitrogens with one attached hydrogen (secondary N) is 1. The molecule has 0 bridgehead atoms. The van der Waals surface area contributed by atoms with E-state index in [0.29, 0.717) is 0 Å². The Morgan fingerprint density at radius 3 is 1.40 bits per heavy atom. The van der Waals surface area contributed by atoms with Gasteiger partial charge >= 0.3 is 0 Å². The average Bonchev–Trinajstić information content (AvgIpc) is 1.86. The largest absolute Gasteiger partial charge is 0.323 e. The van der Waals surface area contributed by atoms with Gasteiger partial charge in [-0.25, -0.2) is 0 Å². The summed E-state index contributed by atoms with van der Waals surface area (Å²) in [5, 5.41) is 2.75. The predicted octanol–water partition coefficient (Wildman–Crippen LogP) is 2.40. The molecule has 0 aromatic rings. The van der Waals surface area contributed by atoms with E-state index < -0.39 is 0 Å². The van der Waals surface area contributed by atoms with Crippen LogP contribution < -0.4 is 5.32 Å². The van der Waals surface area contributed by atoms with Gasteiger partial charge in [-0.15, -0.1) is 25.6 Å². The Labute approximate surface area is 70.6 Å². The Balaban J connectivity index is -0.000000107. The van der Waals surface area contributed by atoms with Crippen LogP contribution in [0.4, 0.5) is 0 Å². The lowest BCUT2D eigenvalue weighted by Gasteiger charge is -1.76. The van der Waals surface area contributed by atoms with Gasteiger partial charge in [0.15, 0.2) is 0 Å². The van der Waals surface area contributed by atoms with Crippen molar-refractivity contribution in [3.63, 3.8) is 0 Å². The molecular weight excluding hydrogens is 146 g/mol. The van der Waals surface area contributed by atoms with E-state index in [-0.39, 0.29) is 12.4 Å². The summed E-state index contributed by atoms with van der Waals surface area (Å²) in [6.07, 6.45) is 5.90. The van der Waals surface area contributed by atoms with Crippen LogP contribution in [0.5, 0.6) is 0 Å². The third-order valence-corrected chi connectivity index (χ3v) is 0.575.